The zero-order chi connectivity index (χ0) is 21.1. The molecule has 0 radical (unpaired) electrons. The van der Waals surface area contributed by atoms with E-state index in [4.69, 9.17) is 4.74 Å². The van der Waals surface area contributed by atoms with Crippen molar-refractivity contribution in [1.82, 2.24) is 4.90 Å². The van der Waals surface area contributed by atoms with E-state index in [0.717, 1.165) is 12.0 Å². The summed E-state index contributed by atoms with van der Waals surface area (Å²) in [5.74, 6) is 0.458. The summed E-state index contributed by atoms with van der Waals surface area (Å²) >= 11 is 0. The topological polar surface area (TPSA) is 75.7 Å². The maximum atomic E-state index is 13.0. The Balaban J connectivity index is 1.52. The van der Waals surface area contributed by atoms with Gasteiger partial charge in [0.25, 0.3) is 15.9 Å². The Labute approximate surface area is 176 Å². The quantitative estimate of drug-likeness (QED) is 0.680. The van der Waals surface area contributed by atoms with Crippen LogP contribution in [0.3, 0.4) is 0 Å². The number of benzene rings is 3. The molecule has 30 heavy (non-hydrogen) atoms. The maximum Gasteiger partial charge on any atom is 0.261 e. The Morgan fingerprint density at radius 1 is 0.967 bits per heavy atom. The van der Waals surface area contributed by atoms with Crippen molar-refractivity contribution in [2.75, 3.05) is 18.4 Å². The van der Waals surface area contributed by atoms with E-state index < -0.39 is 10.0 Å². The van der Waals surface area contributed by atoms with Gasteiger partial charge in [-0.15, -0.1) is 0 Å². The van der Waals surface area contributed by atoms with E-state index in [-0.39, 0.29) is 10.8 Å². The number of rotatable bonds is 5. The van der Waals surface area contributed by atoms with Crippen molar-refractivity contribution in [2.24, 2.45) is 0 Å². The Morgan fingerprint density at radius 2 is 1.70 bits per heavy atom. The molecule has 6 nitrogen and oxygen atoms in total. The SMILES string of the molecule is COc1ccc(S(=O)(=O)Nc2cccc(C(=O)N3CCc4ccccc4C3)c2)cc1. The molecular weight excluding hydrogens is 400 g/mol. The highest BCUT2D eigenvalue weighted by Gasteiger charge is 2.22. The molecule has 1 amide bonds. The molecule has 0 aromatic heterocycles. The highest BCUT2D eigenvalue weighted by Crippen LogP contribution is 2.23. The third kappa shape index (κ3) is 4.16. The Hall–Kier alpha value is -3.32. The highest BCUT2D eigenvalue weighted by molar-refractivity contribution is 7.92. The van der Waals surface area contributed by atoms with E-state index in [1.54, 1.807) is 41.3 Å². The lowest BCUT2D eigenvalue weighted by Gasteiger charge is -2.29. The third-order valence-corrected chi connectivity index (χ3v) is 6.55. The van der Waals surface area contributed by atoms with E-state index in [1.165, 1.54) is 24.8 Å². The summed E-state index contributed by atoms with van der Waals surface area (Å²) in [6.07, 6.45) is 0.811. The van der Waals surface area contributed by atoms with Crippen LogP contribution in [-0.4, -0.2) is 32.9 Å². The lowest BCUT2D eigenvalue weighted by molar-refractivity contribution is 0.0734. The predicted molar refractivity (Wildman–Crippen MR) is 115 cm³/mol. The first-order valence-corrected chi connectivity index (χ1v) is 11.1. The van der Waals surface area contributed by atoms with Gasteiger partial charge in [0.05, 0.1) is 12.0 Å². The monoisotopic (exact) mass is 422 g/mol. The second kappa shape index (κ2) is 8.20. The number of amides is 1. The standard InChI is InChI=1S/C23H22N2O4S/c1-29-21-9-11-22(12-10-21)30(27,28)24-20-8-4-7-18(15-20)23(26)25-14-13-17-5-2-3-6-19(17)16-25/h2-12,15,24H,13-14,16H2,1H3. The molecule has 3 aromatic rings. The molecule has 4 rings (SSSR count). The van der Waals surface area contributed by atoms with Gasteiger partial charge in [0.15, 0.2) is 0 Å². The van der Waals surface area contributed by atoms with Gasteiger partial charge in [0, 0.05) is 24.3 Å². The number of fused-ring (bicyclic) bond motifs is 1. The lowest BCUT2D eigenvalue weighted by atomic mass is 9.99. The first-order valence-electron chi connectivity index (χ1n) is 9.59. The normalized spacial score (nSPS) is 13.4. The molecular formula is C23H22N2O4S. The number of carbonyl (C=O) groups is 1. The van der Waals surface area contributed by atoms with Gasteiger partial charge in [-0.3, -0.25) is 9.52 Å². The maximum absolute atomic E-state index is 13.0. The fraction of sp³-hybridized carbons (Fsp3) is 0.174. The number of carbonyl (C=O) groups excluding carboxylic acids is 1. The number of nitrogens with zero attached hydrogens (tertiary/aromatic N) is 1. The van der Waals surface area contributed by atoms with Gasteiger partial charge in [-0.25, -0.2) is 8.42 Å². The van der Waals surface area contributed by atoms with Gasteiger partial charge in [-0.05, 0) is 60.0 Å². The van der Waals surface area contributed by atoms with Crippen molar-refractivity contribution in [2.45, 2.75) is 17.9 Å². The first kappa shape index (κ1) is 20.0. The van der Waals surface area contributed by atoms with Gasteiger partial charge < -0.3 is 9.64 Å². The van der Waals surface area contributed by atoms with Crippen LogP contribution in [0.2, 0.25) is 0 Å². The average molecular weight is 423 g/mol. The lowest BCUT2D eigenvalue weighted by Crippen LogP contribution is -2.35. The largest absolute Gasteiger partial charge is 0.497 e. The summed E-state index contributed by atoms with van der Waals surface area (Å²) in [5.41, 5.74) is 3.20. The van der Waals surface area contributed by atoms with Crippen molar-refractivity contribution < 1.29 is 17.9 Å². The van der Waals surface area contributed by atoms with Crippen LogP contribution >= 0.6 is 0 Å². The Kier molecular flexibility index (Phi) is 5.46. The van der Waals surface area contributed by atoms with E-state index in [2.05, 4.69) is 10.8 Å². The van der Waals surface area contributed by atoms with Crippen molar-refractivity contribution in [3.8, 4) is 5.75 Å². The van der Waals surface area contributed by atoms with Crippen LogP contribution < -0.4 is 9.46 Å². The molecule has 0 spiro atoms. The molecule has 3 aromatic carbocycles. The molecule has 0 atom stereocenters. The highest BCUT2D eigenvalue weighted by atomic mass is 32.2. The van der Waals surface area contributed by atoms with Gasteiger partial charge in [0.2, 0.25) is 0 Å². The molecule has 0 saturated heterocycles. The number of hydrogen-bond donors (Lipinski definition) is 1. The minimum absolute atomic E-state index is 0.116. The van der Waals surface area contributed by atoms with Crippen molar-refractivity contribution in [3.63, 3.8) is 0 Å². The fourth-order valence-corrected chi connectivity index (χ4v) is 4.59. The zero-order valence-corrected chi connectivity index (χ0v) is 17.4. The molecule has 154 valence electrons. The molecule has 1 heterocycles. The zero-order valence-electron chi connectivity index (χ0n) is 16.5. The molecule has 0 aliphatic carbocycles. The number of ether oxygens (including phenoxy) is 1. The van der Waals surface area contributed by atoms with Crippen LogP contribution in [0.25, 0.3) is 0 Å². The number of hydrogen-bond acceptors (Lipinski definition) is 4. The molecule has 0 fully saturated rings. The minimum atomic E-state index is -3.78. The smallest absolute Gasteiger partial charge is 0.261 e. The fourth-order valence-electron chi connectivity index (χ4n) is 3.54. The van der Waals surface area contributed by atoms with Gasteiger partial charge in [-0.1, -0.05) is 30.3 Å². The molecule has 1 aliphatic heterocycles. The van der Waals surface area contributed by atoms with Crippen LogP contribution in [0.4, 0.5) is 5.69 Å². The summed E-state index contributed by atoms with van der Waals surface area (Å²) in [5, 5.41) is 0. The summed E-state index contributed by atoms with van der Waals surface area (Å²) in [7, 11) is -2.26. The number of sulfonamides is 1. The Bertz CT molecular complexity index is 1170. The first-order chi connectivity index (χ1) is 14.5. The number of anilines is 1. The molecule has 7 heteroatoms. The second-order valence-electron chi connectivity index (χ2n) is 7.11. The van der Waals surface area contributed by atoms with Gasteiger partial charge >= 0.3 is 0 Å². The van der Waals surface area contributed by atoms with E-state index in [9.17, 15) is 13.2 Å². The van der Waals surface area contributed by atoms with Crippen LogP contribution in [0.1, 0.15) is 21.5 Å². The van der Waals surface area contributed by atoms with Crippen molar-refractivity contribution >= 4 is 21.6 Å². The molecule has 0 bridgehead atoms. The average Bonchev–Trinajstić information content (AvgIpc) is 2.78. The molecule has 1 N–H and O–H groups in total. The summed E-state index contributed by atoms with van der Waals surface area (Å²) < 4.78 is 33.0. The van der Waals surface area contributed by atoms with Gasteiger partial charge in [0.1, 0.15) is 5.75 Å². The van der Waals surface area contributed by atoms with E-state index in [1.807, 2.05) is 18.2 Å². The van der Waals surface area contributed by atoms with Crippen LogP contribution in [0, 0.1) is 0 Å². The molecule has 0 unspecified atom stereocenters. The Morgan fingerprint density at radius 3 is 2.43 bits per heavy atom. The second-order valence-corrected chi connectivity index (χ2v) is 8.79. The predicted octanol–water partition coefficient (Wildman–Crippen LogP) is 3.69. The van der Waals surface area contributed by atoms with Crippen molar-refractivity contribution in [3.05, 3.63) is 89.5 Å². The van der Waals surface area contributed by atoms with E-state index in [0.29, 0.717) is 30.1 Å². The van der Waals surface area contributed by atoms with Crippen LogP contribution in [0.15, 0.2) is 77.7 Å². The van der Waals surface area contributed by atoms with Gasteiger partial charge in [-0.2, -0.15) is 0 Å². The van der Waals surface area contributed by atoms with Crippen molar-refractivity contribution in [1.29, 1.82) is 0 Å². The van der Waals surface area contributed by atoms with Crippen LogP contribution in [-0.2, 0) is 23.0 Å². The summed E-state index contributed by atoms with van der Waals surface area (Å²) in [6, 6.07) is 20.8. The van der Waals surface area contributed by atoms with Crippen LogP contribution in [0.5, 0.6) is 5.75 Å². The number of nitrogens with one attached hydrogen (secondary N) is 1. The third-order valence-electron chi connectivity index (χ3n) is 5.15. The van der Waals surface area contributed by atoms with E-state index >= 15 is 0 Å². The number of methoxy groups -OCH3 is 1. The molecule has 0 saturated carbocycles. The summed E-state index contributed by atoms with van der Waals surface area (Å²) in [4.78, 5) is 14.9. The molecule has 1 aliphatic rings. The minimum Gasteiger partial charge on any atom is -0.497 e. The summed E-state index contributed by atoms with van der Waals surface area (Å²) in [6.45, 7) is 1.19.